The molecule has 160 valence electrons. The zero-order valence-electron chi connectivity index (χ0n) is 18.2. The van der Waals surface area contributed by atoms with Gasteiger partial charge in [0.2, 0.25) is 0 Å². The Kier molecular flexibility index (Phi) is 7.01. The van der Waals surface area contributed by atoms with Crippen molar-refractivity contribution in [3.63, 3.8) is 0 Å². The zero-order chi connectivity index (χ0) is 21.2. The van der Waals surface area contributed by atoms with E-state index in [-0.39, 0.29) is 5.78 Å². The van der Waals surface area contributed by atoms with Gasteiger partial charge in [-0.3, -0.25) is 4.79 Å². The zero-order valence-corrected chi connectivity index (χ0v) is 18.2. The first kappa shape index (κ1) is 22.2. The number of aliphatic hydroxyl groups excluding tert-OH is 2. The minimum absolute atomic E-state index is 0.159. The SMILES string of the molecule is C=CC(=O)CCC(C)C1CCC2C(=CC=C3CC(O)C(=C)C(O)C3)CCCC21C. The van der Waals surface area contributed by atoms with Crippen molar-refractivity contribution >= 4 is 5.78 Å². The van der Waals surface area contributed by atoms with E-state index >= 15 is 0 Å². The summed E-state index contributed by atoms with van der Waals surface area (Å²) in [5, 5.41) is 20.2. The van der Waals surface area contributed by atoms with Crippen molar-refractivity contribution in [1.82, 2.24) is 0 Å². The fourth-order valence-electron chi connectivity index (χ4n) is 6.31. The number of rotatable bonds is 6. The summed E-state index contributed by atoms with van der Waals surface area (Å²) in [6.07, 6.45) is 13.5. The predicted molar refractivity (Wildman–Crippen MR) is 118 cm³/mol. The lowest BCUT2D eigenvalue weighted by Gasteiger charge is -2.44. The Morgan fingerprint density at radius 2 is 1.93 bits per heavy atom. The summed E-state index contributed by atoms with van der Waals surface area (Å²) in [5.74, 6) is 2.00. The minimum Gasteiger partial charge on any atom is -0.388 e. The average Bonchev–Trinajstić information content (AvgIpc) is 3.05. The molecule has 29 heavy (non-hydrogen) atoms. The van der Waals surface area contributed by atoms with Crippen molar-refractivity contribution in [2.75, 3.05) is 0 Å². The molecule has 6 unspecified atom stereocenters. The topological polar surface area (TPSA) is 57.5 Å². The van der Waals surface area contributed by atoms with Gasteiger partial charge in [0, 0.05) is 6.42 Å². The Balaban J connectivity index is 1.71. The minimum atomic E-state index is -0.630. The number of carbonyl (C=O) groups excluding carboxylic acids is 1. The number of aliphatic hydroxyl groups is 2. The van der Waals surface area contributed by atoms with Gasteiger partial charge in [0.25, 0.3) is 0 Å². The molecular formula is C26H38O3. The van der Waals surface area contributed by atoms with Gasteiger partial charge in [0.15, 0.2) is 5.78 Å². The van der Waals surface area contributed by atoms with Crippen LogP contribution in [0.5, 0.6) is 0 Å². The molecule has 2 N–H and O–H groups in total. The van der Waals surface area contributed by atoms with Gasteiger partial charge >= 0.3 is 0 Å². The van der Waals surface area contributed by atoms with Crippen molar-refractivity contribution in [1.29, 1.82) is 0 Å². The van der Waals surface area contributed by atoms with E-state index in [1.54, 1.807) is 0 Å². The second-order valence-corrected chi connectivity index (χ2v) is 9.86. The summed E-state index contributed by atoms with van der Waals surface area (Å²) in [5.41, 5.74) is 3.51. The van der Waals surface area contributed by atoms with Crippen LogP contribution < -0.4 is 0 Å². The first-order valence-electron chi connectivity index (χ1n) is 11.3. The van der Waals surface area contributed by atoms with Crippen molar-refractivity contribution in [3.8, 4) is 0 Å². The molecular weight excluding hydrogens is 360 g/mol. The third kappa shape index (κ3) is 4.67. The van der Waals surface area contributed by atoms with Crippen molar-refractivity contribution < 1.29 is 15.0 Å². The largest absolute Gasteiger partial charge is 0.388 e. The molecule has 0 spiro atoms. The van der Waals surface area contributed by atoms with Gasteiger partial charge in [-0.15, -0.1) is 0 Å². The normalized spacial score (nSPS) is 37.3. The van der Waals surface area contributed by atoms with Crippen LogP contribution in [-0.4, -0.2) is 28.2 Å². The molecule has 3 saturated carbocycles. The summed E-state index contributed by atoms with van der Waals surface area (Å²) in [4.78, 5) is 11.7. The highest BCUT2D eigenvalue weighted by molar-refractivity contribution is 5.88. The highest BCUT2D eigenvalue weighted by atomic mass is 16.3. The second-order valence-electron chi connectivity index (χ2n) is 9.86. The number of hydrogen-bond acceptors (Lipinski definition) is 3. The van der Waals surface area contributed by atoms with Crippen molar-refractivity contribution in [3.05, 3.63) is 48.1 Å². The van der Waals surface area contributed by atoms with Gasteiger partial charge in [-0.05, 0) is 86.2 Å². The lowest BCUT2D eigenvalue weighted by molar-refractivity contribution is -0.115. The fourth-order valence-corrected chi connectivity index (χ4v) is 6.31. The molecule has 0 amide bonds. The number of carbonyl (C=O) groups is 1. The van der Waals surface area contributed by atoms with Crippen LogP contribution in [0.15, 0.2) is 48.1 Å². The quantitative estimate of drug-likeness (QED) is 0.471. The van der Waals surface area contributed by atoms with Crippen LogP contribution >= 0.6 is 0 Å². The number of ketones is 1. The van der Waals surface area contributed by atoms with Crippen LogP contribution in [0.1, 0.15) is 71.6 Å². The molecule has 0 aromatic rings. The third-order valence-corrected chi connectivity index (χ3v) is 8.10. The third-order valence-electron chi connectivity index (χ3n) is 8.10. The molecule has 3 aliphatic carbocycles. The highest BCUT2D eigenvalue weighted by Gasteiger charge is 2.50. The lowest BCUT2D eigenvalue weighted by atomic mass is 9.60. The summed E-state index contributed by atoms with van der Waals surface area (Å²) < 4.78 is 0. The lowest BCUT2D eigenvalue weighted by Crippen LogP contribution is -2.36. The molecule has 0 radical (unpaired) electrons. The number of fused-ring (bicyclic) bond motifs is 1. The maximum Gasteiger partial charge on any atom is 0.155 e. The van der Waals surface area contributed by atoms with Crippen LogP contribution in [0.3, 0.4) is 0 Å². The van der Waals surface area contributed by atoms with Crippen LogP contribution in [0.25, 0.3) is 0 Å². The van der Waals surface area contributed by atoms with E-state index in [2.05, 4.69) is 39.2 Å². The molecule has 0 bridgehead atoms. The smallest absolute Gasteiger partial charge is 0.155 e. The summed E-state index contributed by atoms with van der Waals surface area (Å²) in [7, 11) is 0. The molecule has 0 aliphatic heterocycles. The molecule has 0 heterocycles. The van der Waals surface area contributed by atoms with E-state index in [0.717, 1.165) is 18.4 Å². The number of hydrogen-bond donors (Lipinski definition) is 2. The van der Waals surface area contributed by atoms with E-state index in [9.17, 15) is 15.0 Å². The molecule has 0 aromatic carbocycles. The summed E-state index contributed by atoms with van der Waals surface area (Å²) in [6.45, 7) is 12.2. The molecule has 6 atom stereocenters. The highest BCUT2D eigenvalue weighted by Crippen LogP contribution is 2.59. The Labute approximate surface area is 176 Å². The van der Waals surface area contributed by atoms with Gasteiger partial charge < -0.3 is 10.2 Å². The van der Waals surface area contributed by atoms with Crippen LogP contribution in [0.4, 0.5) is 0 Å². The first-order valence-corrected chi connectivity index (χ1v) is 11.3. The molecule has 0 aromatic heterocycles. The Hall–Kier alpha value is -1.45. The van der Waals surface area contributed by atoms with E-state index in [4.69, 9.17) is 0 Å². The maximum atomic E-state index is 11.7. The monoisotopic (exact) mass is 398 g/mol. The van der Waals surface area contributed by atoms with Crippen LogP contribution in [-0.2, 0) is 4.79 Å². The fraction of sp³-hybridized carbons (Fsp3) is 0.654. The van der Waals surface area contributed by atoms with E-state index in [1.807, 2.05) is 0 Å². The summed E-state index contributed by atoms with van der Waals surface area (Å²) in [6, 6.07) is 0. The predicted octanol–water partition coefficient (Wildman–Crippen LogP) is 5.30. The first-order chi connectivity index (χ1) is 13.8. The van der Waals surface area contributed by atoms with E-state index in [1.165, 1.54) is 37.3 Å². The van der Waals surface area contributed by atoms with Gasteiger partial charge in [-0.2, -0.15) is 0 Å². The number of allylic oxidation sites excluding steroid dienone is 4. The Morgan fingerprint density at radius 1 is 1.24 bits per heavy atom. The van der Waals surface area contributed by atoms with E-state index in [0.29, 0.717) is 48.0 Å². The summed E-state index contributed by atoms with van der Waals surface area (Å²) >= 11 is 0. The van der Waals surface area contributed by atoms with Gasteiger partial charge in [-0.25, -0.2) is 0 Å². The Bertz CT molecular complexity index is 699. The van der Waals surface area contributed by atoms with Gasteiger partial charge in [0.1, 0.15) is 0 Å². The van der Waals surface area contributed by atoms with Crippen molar-refractivity contribution in [2.24, 2.45) is 23.2 Å². The molecule has 3 heteroatoms. The van der Waals surface area contributed by atoms with Crippen molar-refractivity contribution in [2.45, 2.75) is 83.8 Å². The average molecular weight is 399 g/mol. The van der Waals surface area contributed by atoms with Gasteiger partial charge in [0.05, 0.1) is 12.2 Å². The Morgan fingerprint density at radius 3 is 2.59 bits per heavy atom. The standard InChI is InChI=1S/C26H38O3/c1-5-21(27)11-8-17(2)22-12-13-23-20(7-6-14-26(22,23)4)10-9-19-15-24(28)18(3)25(29)16-19/h5,9-10,17,22-25,28-29H,1,3,6-8,11-16H2,2,4H3. The van der Waals surface area contributed by atoms with Crippen LogP contribution in [0, 0.1) is 23.2 Å². The molecule has 3 aliphatic rings. The molecule has 0 saturated heterocycles. The van der Waals surface area contributed by atoms with Gasteiger partial charge in [-0.1, -0.05) is 50.3 Å². The second kappa shape index (κ2) is 9.14. The van der Waals surface area contributed by atoms with E-state index < -0.39 is 12.2 Å². The molecule has 3 rings (SSSR count). The molecule has 3 fully saturated rings. The maximum absolute atomic E-state index is 11.7. The molecule has 3 nitrogen and oxygen atoms in total. The van der Waals surface area contributed by atoms with Crippen LogP contribution in [0.2, 0.25) is 0 Å².